The highest BCUT2D eigenvalue weighted by atomic mass is 19.1. The van der Waals surface area contributed by atoms with Crippen LogP contribution in [0.3, 0.4) is 0 Å². The van der Waals surface area contributed by atoms with Gasteiger partial charge in [0.15, 0.2) is 5.76 Å². The van der Waals surface area contributed by atoms with E-state index in [4.69, 9.17) is 14.0 Å². The predicted molar refractivity (Wildman–Crippen MR) is 140 cm³/mol. The fraction of sp³-hybridized carbons (Fsp3) is 0.333. The Morgan fingerprint density at radius 2 is 2.03 bits per heavy atom. The molecule has 1 aliphatic rings. The topological polar surface area (TPSA) is 61.6 Å². The van der Waals surface area contributed by atoms with Gasteiger partial charge in [0, 0.05) is 12.0 Å². The summed E-state index contributed by atoms with van der Waals surface area (Å²) in [7, 11) is 1.55. The molecule has 0 amide bonds. The van der Waals surface area contributed by atoms with Gasteiger partial charge in [0.25, 0.3) is 0 Å². The number of benzene rings is 2. The first-order valence-electron chi connectivity index (χ1n) is 12.3. The summed E-state index contributed by atoms with van der Waals surface area (Å²) in [5.74, 6) is 0.545. The monoisotopic (exact) mass is 489 g/mol. The van der Waals surface area contributed by atoms with E-state index in [1.807, 2.05) is 36.4 Å². The fourth-order valence-electron chi connectivity index (χ4n) is 4.61. The minimum atomic E-state index is -0.383. The van der Waals surface area contributed by atoms with Gasteiger partial charge in [0.05, 0.1) is 19.3 Å². The van der Waals surface area contributed by atoms with Crippen LogP contribution < -0.4 is 4.74 Å². The zero-order valence-electron chi connectivity index (χ0n) is 21.3. The van der Waals surface area contributed by atoms with Crippen LogP contribution in [0.1, 0.15) is 62.5 Å². The third-order valence-electron chi connectivity index (χ3n) is 6.56. The van der Waals surface area contributed by atoms with Gasteiger partial charge in [-0.2, -0.15) is 0 Å². The highest BCUT2D eigenvalue weighted by molar-refractivity contribution is 5.88. The molecule has 188 valence electrons. The summed E-state index contributed by atoms with van der Waals surface area (Å²) in [5.41, 5.74) is 4.64. The molecule has 4 rings (SSSR count). The number of aryl methyl sites for hydroxylation is 1. The highest BCUT2D eigenvalue weighted by Gasteiger charge is 2.34. The first-order valence-corrected chi connectivity index (χ1v) is 12.3. The second-order valence-electron chi connectivity index (χ2n) is 9.54. The molecule has 0 atom stereocenters. The summed E-state index contributed by atoms with van der Waals surface area (Å²) >= 11 is 0. The lowest BCUT2D eigenvalue weighted by Gasteiger charge is -2.22. The maximum atomic E-state index is 14.9. The van der Waals surface area contributed by atoms with Crippen LogP contribution in [-0.4, -0.2) is 24.8 Å². The number of aromatic nitrogens is 1. The Labute approximate surface area is 211 Å². The first kappa shape index (κ1) is 25.4. The summed E-state index contributed by atoms with van der Waals surface area (Å²) in [4.78, 5) is 11.7. The minimum Gasteiger partial charge on any atom is -0.497 e. The Kier molecular flexibility index (Phi) is 7.73. The Hall–Kier alpha value is -3.67. The lowest BCUT2D eigenvalue weighted by atomic mass is 9.80. The van der Waals surface area contributed by atoms with E-state index in [0.717, 1.165) is 35.1 Å². The Morgan fingerprint density at radius 3 is 2.75 bits per heavy atom. The first-order chi connectivity index (χ1) is 17.3. The van der Waals surface area contributed by atoms with Gasteiger partial charge in [-0.1, -0.05) is 55.4 Å². The third-order valence-corrected chi connectivity index (χ3v) is 6.56. The molecule has 0 saturated heterocycles. The Balaban J connectivity index is 1.69. The van der Waals surface area contributed by atoms with Crippen LogP contribution in [0.15, 0.2) is 53.1 Å². The number of esters is 1. The molecule has 0 N–H and O–H groups in total. The number of nitrogens with zero attached hydrogens (tertiary/aromatic N) is 1. The van der Waals surface area contributed by atoms with Crippen molar-refractivity contribution in [1.29, 1.82) is 0 Å². The second-order valence-corrected chi connectivity index (χ2v) is 9.54. The standard InChI is InChI=1S/C30H32FNO4/c1-5-35-27(33)16-12-21-9-6-8-20(18-21)11-15-26-28(24-10-7-17-30(24,2)3)29(32-36-26)23-19-22(34-4)13-14-25(23)31/h6,8-11,13-15,18-19H,5,7,12,16-17H2,1-4H3/b15-11-. The summed E-state index contributed by atoms with van der Waals surface area (Å²) in [6.07, 6.45) is 8.91. The van der Waals surface area contributed by atoms with Gasteiger partial charge in [0.1, 0.15) is 17.3 Å². The van der Waals surface area contributed by atoms with E-state index in [0.29, 0.717) is 42.2 Å². The predicted octanol–water partition coefficient (Wildman–Crippen LogP) is 7.36. The molecule has 0 spiro atoms. The van der Waals surface area contributed by atoms with Crippen molar-refractivity contribution in [3.05, 3.63) is 76.8 Å². The zero-order valence-corrected chi connectivity index (χ0v) is 21.3. The van der Waals surface area contributed by atoms with Gasteiger partial charge in [0.2, 0.25) is 0 Å². The maximum Gasteiger partial charge on any atom is 0.306 e. The van der Waals surface area contributed by atoms with E-state index in [9.17, 15) is 9.18 Å². The maximum absolute atomic E-state index is 14.9. The number of carbonyl (C=O) groups excluding carboxylic acids is 1. The van der Waals surface area contributed by atoms with Gasteiger partial charge in [-0.25, -0.2) is 4.39 Å². The summed E-state index contributed by atoms with van der Waals surface area (Å²) in [6, 6.07) is 12.6. The second kappa shape index (κ2) is 10.9. The lowest BCUT2D eigenvalue weighted by Crippen LogP contribution is -2.10. The molecule has 0 unspecified atom stereocenters. The number of hydrogen-bond donors (Lipinski definition) is 0. The van der Waals surface area contributed by atoms with E-state index in [1.165, 1.54) is 6.07 Å². The highest BCUT2D eigenvalue weighted by Crippen LogP contribution is 2.48. The van der Waals surface area contributed by atoms with Crippen molar-refractivity contribution in [2.75, 3.05) is 13.7 Å². The van der Waals surface area contributed by atoms with Gasteiger partial charge < -0.3 is 14.0 Å². The number of ether oxygens (including phenoxy) is 2. The van der Waals surface area contributed by atoms with Gasteiger partial charge in [-0.15, -0.1) is 0 Å². The van der Waals surface area contributed by atoms with Crippen LogP contribution in [0.2, 0.25) is 0 Å². The van der Waals surface area contributed by atoms with Crippen molar-refractivity contribution >= 4 is 23.7 Å². The summed E-state index contributed by atoms with van der Waals surface area (Å²) < 4.78 is 31.1. The number of carbonyl (C=O) groups is 1. The quantitative estimate of drug-likeness (QED) is 0.294. The molecule has 1 aromatic heterocycles. The molecule has 3 aromatic rings. The molecule has 0 bridgehead atoms. The fourth-order valence-corrected chi connectivity index (χ4v) is 4.61. The molecule has 6 heteroatoms. The van der Waals surface area contributed by atoms with Crippen molar-refractivity contribution in [3.8, 4) is 17.0 Å². The average Bonchev–Trinajstić information content (AvgIpc) is 3.43. The van der Waals surface area contributed by atoms with E-state index in [2.05, 4.69) is 25.1 Å². The van der Waals surface area contributed by atoms with Crippen molar-refractivity contribution < 1.29 is 23.2 Å². The van der Waals surface area contributed by atoms with Crippen LogP contribution in [-0.2, 0) is 16.0 Å². The minimum absolute atomic E-state index is 0.0920. The summed E-state index contributed by atoms with van der Waals surface area (Å²) in [6.45, 7) is 6.56. The molecule has 2 aromatic carbocycles. The van der Waals surface area contributed by atoms with Gasteiger partial charge in [-0.05, 0) is 72.6 Å². The van der Waals surface area contributed by atoms with Gasteiger partial charge >= 0.3 is 5.97 Å². The Bertz CT molecular complexity index is 1300. The van der Waals surface area contributed by atoms with Crippen LogP contribution in [0, 0.1) is 11.2 Å². The SMILES string of the molecule is CCOC(=O)CCc1cccc(/C=C\c2onc(-c3cc(OC)ccc3F)c2C2=CCCC2(C)C)c1. The van der Waals surface area contributed by atoms with Crippen molar-refractivity contribution in [3.63, 3.8) is 0 Å². The largest absolute Gasteiger partial charge is 0.497 e. The van der Waals surface area contributed by atoms with Crippen LogP contribution in [0.5, 0.6) is 5.75 Å². The van der Waals surface area contributed by atoms with Crippen LogP contribution >= 0.6 is 0 Å². The molecule has 0 aliphatic heterocycles. The number of allylic oxidation sites excluding steroid dienone is 2. The average molecular weight is 490 g/mol. The molecule has 1 heterocycles. The molecular weight excluding hydrogens is 457 g/mol. The smallest absolute Gasteiger partial charge is 0.306 e. The molecule has 5 nitrogen and oxygen atoms in total. The molecule has 0 radical (unpaired) electrons. The molecule has 0 saturated carbocycles. The van der Waals surface area contributed by atoms with E-state index >= 15 is 0 Å². The third kappa shape index (κ3) is 5.59. The molecule has 0 fully saturated rings. The Morgan fingerprint density at radius 1 is 1.19 bits per heavy atom. The van der Waals surface area contributed by atoms with Gasteiger partial charge in [-0.3, -0.25) is 4.79 Å². The number of hydrogen-bond acceptors (Lipinski definition) is 5. The molecule has 1 aliphatic carbocycles. The van der Waals surface area contributed by atoms with Crippen molar-refractivity contribution in [2.45, 2.75) is 46.5 Å². The van der Waals surface area contributed by atoms with Crippen LogP contribution in [0.4, 0.5) is 4.39 Å². The number of rotatable bonds is 9. The summed E-state index contributed by atoms with van der Waals surface area (Å²) in [5, 5.41) is 4.31. The van der Waals surface area contributed by atoms with E-state index < -0.39 is 0 Å². The van der Waals surface area contributed by atoms with E-state index in [1.54, 1.807) is 26.2 Å². The lowest BCUT2D eigenvalue weighted by molar-refractivity contribution is -0.143. The van der Waals surface area contributed by atoms with Crippen LogP contribution in [0.25, 0.3) is 29.0 Å². The van der Waals surface area contributed by atoms with Crippen molar-refractivity contribution in [1.82, 2.24) is 5.16 Å². The van der Waals surface area contributed by atoms with E-state index in [-0.39, 0.29) is 17.2 Å². The zero-order chi connectivity index (χ0) is 25.7. The molecular formula is C30H32FNO4. The van der Waals surface area contributed by atoms with Crippen molar-refractivity contribution in [2.24, 2.45) is 5.41 Å². The number of halogens is 1. The number of methoxy groups -OCH3 is 1. The molecule has 36 heavy (non-hydrogen) atoms. The normalized spacial score (nSPS) is 14.8.